The third kappa shape index (κ3) is 3.38. The molecule has 0 radical (unpaired) electrons. The maximum absolute atomic E-state index is 3.63. The molecular weight excluding hydrogens is 557 g/mol. The molecule has 0 fully saturated rings. The van der Waals surface area contributed by atoms with Crippen LogP contribution in [0.5, 0.6) is 0 Å². The first-order chi connectivity index (χ1) is 8.52. The molecule has 1 atom stereocenters. The standard InChI is InChI=1S/C12H9Br3INS/c1-17-11(10-5-9(14)12(15)18-10)7-4-6(16)2-3-8(7)13/h2-5,11,17H,1H3. The Morgan fingerprint density at radius 2 is 1.89 bits per heavy atom. The summed E-state index contributed by atoms with van der Waals surface area (Å²) in [5.74, 6) is 0. The summed E-state index contributed by atoms with van der Waals surface area (Å²) in [5.41, 5.74) is 1.26. The molecule has 1 heterocycles. The van der Waals surface area contributed by atoms with Gasteiger partial charge >= 0.3 is 0 Å². The number of nitrogens with one attached hydrogen (secondary N) is 1. The summed E-state index contributed by atoms with van der Waals surface area (Å²) in [5, 5.41) is 3.38. The van der Waals surface area contributed by atoms with Crippen LogP contribution in [-0.2, 0) is 0 Å². The van der Waals surface area contributed by atoms with Crippen LogP contribution < -0.4 is 5.32 Å². The van der Waals surface area contributed by atoms with Gasteiger partial charge in [0.15, 0.2) is 0 Å². The predicted molar refractivity (Wildman–Crippen MR) is 97.5 cm³/mol. The molecule has 96 valence electrons. The third-order valence-electron chi connectivity index (χ3n) is 2.51. The van der Waals surface area contributed by atoms with Gasteiger partial charge in [-0.3, -0.25) is 0 Å². The number of rotatable bonds is 3. The Morgan fingerprint density at radius 3 is 2.44 bits per heavy atom. The average molecular weight is 566 g/mol. The van der Waals surface area contributed by atoms with Crippen LogP contribution in [0, 0.1) is 3.57 Å². The van der Waals surface area contributed by atoms with Crippen molar-refractivity contribution in [3.05, 3.63) is 51.0 Å². The monoisotopic (exact) mass is 563 g/mol. The molecule has 1 N–H and O–H groups in total. The second kappa shape index (κ2) is 6.67. The van der Waals surface area contributed by atoms with Crippen molar-refractivity contribution in [3.63, 3.8) is 0 Å². The van der Waals surface area contributed by atoms with Gasteiger partial charge in [0.1, 0.15) is 0 Å². The Bertz CT molecular complexity index is 551. The van der Waals surface area contributed by atoms with Crippen LogP contribution in [0.15, 0.2) is 37.0 Å². The van der Waals surface area contributed by atoms with Crippen molar-refractivity contribution >= 4 is 81.7 Å². The van der Waals surface area contributed by atoms with Crippen molar-refractivity contribution in [2.45, 2.75) is 6.04 Å². The summed E-state index contributed by atoms with van der Waals surface area (Å²) >= 11 is 14.8. The molecule has 1 aromatic heterocycles. The van der Waals surface area contributed by atoms with E-state index in [-0.39, 0.29) is 6.04 Å². The van der Waals surface area contributed by atoms with Crippen LogP contribution in [0.1, 0.15) is 16.5 Å². The van der Waals surface area contributed by atoms with E-state index in [1.54, 1.807) is 11.3 Å². The minimum atomic E-state index is 0.196. The summed E-state index contributed by atoms with van der Waals surface area (Å²) < 4.78 is 4.59. The fraction of sp³-hybridized carbons (Fsp3) is 0.167. The van der Waals surface area contributed by atoms with Gasteiger partial charge in [-0.05, 0) is 91.3 Å². The first kappa shape index (κ1) is 15.4. The molecule has 0 saturated heterocycles. The maximum atomic E-state index is 3.63. The average Bonchev–Trinajstić information content (AvgIpc) is 2.65. The molecule has 1 aromatic carbocycles. The molecule has 0 aliphatic carbocycles. The Balaban J connectivity index is 2.48. The van der Waals surface area contributed by atoms with E-state index in [0.29, 0.717) is 0 Å². The summed E-state index contributed by atoms with van der Waals surface area (Å²) in [7, 11) is 1.98. The number of hydrogen-bond donors (Lipinski definition) is 1. The van der Waals surface area contributed by atoms with Crippen LogP contribution in [0.25, 0.3) is 0 Å². The number of benzene rings is 1. The maximum Gasteiger partial charge on any atom is 0.0843 e. The van der Waals surface area contributed by atoms with Gasteiger partial charge in [-0.15, -0.1) is 11.3 Å². The molecule has 1 nitrogen and oxygen atoms in total. The van der Waals surface area contributed by atoms with Gasteiger partial charge in [0.05, 0.1) is 9.83 Å². The molecule has 2 rings (SSSR count). The van der Waals surface area contributed by atoms with Crippen molar-refractivity contribution < 1.29 is 0 Å². The van der Waals surface area contributed by atoms with Crippen LogP contribution in [0.4, 0.5) is 0 Å². The van der Waals surface area contributed by atoms with E-state index in [1.165, 1.54) is 14.0 Å². The van der Waals surface area contributed by atoms with Crippen molar-refractivity contribution in [2.24, 2.45) is 0 Å². The van der Waals surface area contributed by atoms with E-state index in [0.717, 1.165) is 12.7 Å². The number of hydrogen-bond acceptors (Lipinski definition) is 2. The third-order valence-corrected chi connectivity index (χ3v) is 7.22. The molecule has 2 aromatic rings. The summed E-state index contributed by atoms with van der Waals surface area (Å²) in [6, 6.07) is 8.75. The highest BCUT2D eigenvalue weighted by molar-refractivity contribution is 14.1. The van der Waals surface area contributed by atoms with Gasteiger partial charge in [0, 0.05) is 17.4 Å². The molecule has 0 spiro atoms. The molecule has 18 heavy (non-hydrogen) atoms. The lowest BCUT2D eigenvalue weighted by Gasteiger charge is -2.17. The molecule has 0 amide bonds. The zero-order valence-corrected chi connectivity index (χ0v) is 17.0. The fourth-order valence-electron chi connectivity index (χ4n) is 1.69. The highest BCUT2D eigenvalue weighted by Crippen LogP contribution is 2.39. The van der Waals surface area contributed by atoms with Crippen LogP contribution >= 0.6 is 81.7 Å². The van der Waals surface area contributed by atoms with Gasteiger partial charge in [0.2, 0.25) is 0 Å². The Labute approximate surface area is 149 Å². The van der Waals surface area contributed by atoms with Crippen molar-refractivity contribution in [3.8, 4) is 0 Å². The van der Waals surface area contributed by atoms with Gasteiger partial charge in [0.25, 0.3) is 0 Å². The highest BCUT2D eigenvalue weighted by Gasteiger charge is 2.18. The fourth-order valence-corrected chi connectivity index (χ4v) is 4.90. The van der Waals surface area contributed by atoms with Gasteiger partial charge in [-0.25, -0.2) is 0 Å². The Morgan fingerprint density at radius 1 is 1.17 bits per heavy atom. The lowest BCUT2D eigenvalue weighted by atomic mass is 10.1. The lowest BCUT2D eigenvalue weighted by Crippen LogP contribution is -2.17. The molecular formula is C12H9Br3INS. The second-order valence-corrected chi connectivity index (χ2v) is 9.01. The molecule has 0 aliphatic heterocycles. The topological polar surface area (TPSA) is 12.0 Å². The molecule has 1 unspecified atom stereocenters. The van der Waals surface area contributed by atoms with Crippen LogP contribution in [0.3, 0.4) is 0 Å². The Kier molecular flexibility index (Phi) is 5.72. The van der Waals surface area contributed by atoms with Crippen molar-refractivity contribution in [1.82, 2.24) is 5.32 Å². The molecule has 0 aliphatic rings. The first-order valence-corrected chi connectivity index (χ1v) is 9.37. The van der Waals surface area contributed by atoms with E-state index in [2.05, 4.69) is 100.0 Å². The van der Waals surface area contributed by atoms with E-state index in [4.69, 9.17) is 0 Å². The smallest absolute Gasteiger partial charge is 0.0843 e. The van der Waals surface area contributed by atoms with Crippen molar-refractivity contribution in [1.29, 1.82) is 0 Å². The van der Waals surface area contributed by atoms with E-state index >= 15 is 0 Å². The molecule has 0 bridgehead atoms. The minimum absolute atomic E-state index is 0.196. The summed E-state index contributed by atoms with van der Waals surface area (Å²) in [6.45, 7) is 0. The minimum Gasteiger partial charge on any atom is -0.309 e. The highest BCUT2D eigenvalue weighted by atomic mass is 127. The van der Waals surface area contributed by atoms with E-state index in [1.807, 2.05) is 7.05 Å². The van der Waals surface area contributed by atoms with Crippen molar-refractivity contribution in [2.75, 3.05) is 7.05 Å². The van der Waals surface area contributed by atoms with E-state index < -0.39 is 0 Å². The number of thiophene rings is 1. The predicted octanol–water partition coefficient (Wildman–Crippen LogP) is 5.95. The van der Waals surface area contributed by atoms with Crippen LogP contribution in [0.2, 0.25) is 0 Å². The quantitative estimate of drug-likeness (QED) is 0.454. The zero-order valence-electron chi connectivity index (χ0n) is 9.31. The first-order valence-electron chi connectivity index (χ1n) is 5.10. The normalized spacial score (nSPS) is 12.7. The van der Waals surface area contributed by atoms with Gasteiger partial charge < -0.3 is 5.32 Å². The lowest BCUT2D eigenvalue weighted by molar-refractivity contribution is 0.700. The van der Waals surface area contributed by atoms with Gasteiger partial charge in [-0.1, -0.05) is 15.9 Å². The van der Waals surface area contributed by atoms with Gasteiger partial charge in [-0.2, -0.15) is 0 Å². The Hall–Kier alpha value is 1.05. The molecule has 0 saturated carbocycles. The summed E-state index contributed by atoms with van der Waals surface area (Å²) in [4.78, 5) is 1.28. The summed E-state index contributed by atoms with van der Waals surface area (Å²) in [6.07, 6.45) is 0. The van der Waals surface area contributed by atoms with Crippen LogP contribution in [-0.4, -0.2) is 7.05 Å². The largest absolute Gasteiger partial charge is 0.309 e. The zero-order chi connectivity index (χ0) is 13.3. The molecule has 6 heteroatoms. The SMILES string of the molecule is CNC(c1cc(Br)c(Br)s1)c1cc(I)ccc1Br. The number of halogens is 4. The van der Waals surface area contributed by atoms with E-state index in [9.17, 15) is 0 Å². The second-order valence-electron chi connectivity index (χ2n) is 3.66.